The summed E-state index contributed by atoms with van der Waals surface area (Å²) in [5, 5.41) is -0.206. The Kier molecular flexibility index (Phi) is 5.72. The highest BCUT2D eigenvalue weighted by molar-refractivity contribution is 5.87. The monoisotopic (exact) mass is 427 g/mol. The third-order valence-electron chi connectivity index (χ3n) is 4.06. The second kappa shape index (κ2) is 8.09. The molecule has 11 heteroatoms. The molecule has 0 bridgehead atoms. The number of amides is 1. The van der Waals surface area contributed by atoms with Crippen LogP contribution in [-0.2, 0) is 17.6 Å². The Morgan fingerprint density at radius 1 is 1.17 bits per heavy atom. The predicted molar refractivity (Wildman–Crippen MR) is 96.5 cm³/mol. The molecule has 0 aliphatic rings. The highest BCUT2D eigenvalue weighted by Crippen LogP contribution is 2.28. The highest BCUT2D eigenvalue weighted by atomic mass is 19.4. The third kappa shape index (κ3) is 4.56. The number of halogens is 5. The molecule has 2 aromatic carbocycles. The Balaban J connectivity index is 1.97. The Morgan fingerprint density at radius 3 is 2.53 bits per heavy atom. The van der Waals surface area contributed by atoms with E-state index in [0.29, 0.717) is 0 Å². The van der Waals surface area contributed by atoms with Gasteiger partial charge in [0.1, 0.15) is 11.3 Å². The molecule has 158 valence electrons. The van der Waals surface area contributed by atoms with Crippen molar-refractivity contribution in [2.75, 3.05) is 5.43 Å². The van der Waals surface area contributed by atoms with Crippen molar-refractivity contribution in [1.82, 2.24) is 9.66 Å². The van der Waals surface area contributed by atoms with Crippen molar-refractivity contribution in [3.63, 3.8) is 0 Å². The van der Waals surface area contributed by atoms with Gasteiger partial charge in [0.25, 0.3) is 5.56 Å². The number of hydrogen-bond donors (Lipinski definition) is 1. The molecule has 6 nitrogen and oxygen atoms in total. The Morgan fingerprint density at radius 2 is 1.90 bits per heavy atom. The fourth-order valence-electron chi connectivity index (χ4n) is 2.79. The molecule has 1 amide bonds. The molecule has 0 aliphatic carbocycles. The summed E-state index contributed by atoms with van der Waals surface area (Å²) in [6.45, 7) is 1.58. The summed E-state index contributed by atoms with van der Waals surface area (Å²) in [7, 11) is 0. The number of carbonyl (C=O) groups excluding carboxylic acids is 1. The van der Waals surface area contributed by atoms with E-state index in [4.69, 9.17) is 0 Å². The van der Waals surface area contributed by atoms with Crippen LogP contribution < -0.4 is 15.7 Å². The van der Waals surface area contributed by atoms with Gasteiger partial charge in [-0.3, -0.25) is 15.0 Å². The van der Waals surface area contributed by atoms with E-state index in [1.807, 2.05) is 0 Å². The lowest BCUT2D eigenvalue weighted by atomic mass is 10.1. The molecule has 0 saturated heterocycles. The summed E-state index contributed by atoms with van der Waals surface area (Å²) in [4.78, 5) is 29.1. The first-order chi connectivity index (χ1) is 14.1. The lowest BCUT2D eigenvalue weighted by Gasteiger charge is -2.15. The van der Waals surface area contributed by atoms with E-state index < -0.39 is 35.2 Å². The molecule has 1 aromatic heterocycles. The second-order valence-corrected chi connectivity index (χ2v) is 6.18. The van der Waals surface area contributed by atoms with Crippen LogP contribution in [0.3, 0.4) is 0 Å². The molecule has 30 heavy (non-hydrogen) atoms. The molecule has 0 atom stereocenters. The number of nitrogens with zero attached hydrogens (tertiary/aromatic N) is 2. The fraction of sp³-hybridized carbons (Fsp3) is 0.211. The predicted octanol–water partition coefficient (Wildman–Crippen LogP) is 3.45. The molecule has 0 fully saturated rings. The molecule has 1 N–H and O–H groups in total. The van der Waals surface area contributed by atoms with Crippen LogP contribution >= 0.6 is 0 Å². The van der Waals surface area contributed by atoms with Crippen LogP contribution in [-0.4, -0.2) is 21.9 Å². The lowest BCUT2D eigenvalue weighted by Crippen LogP contribution is -2.37. The number of aryl methyl sites for hydroxylation is 1. The minimum atomic E-state index is -4.98. The van der Waals surface area contributed by atoms with Gasteiger partial charge in [0, 0.05) is 6.42 Å². The summed E-state index contributed by atoms with van der Waals surface area (Å²) in [6, 6.07) is 6.37. The van der Waals surface area contributed by atoms with Gasteiger partial charge in [-0.15, -0.1) is 13.2 Å². The Hall–Kier alpha value is -3.50. The van der Waals surface area contributed by atoms with Crippen LogP contribution in [0.15, 0.2) is 41.2 Å². The maximum Gasteiger partial charge on any atom is 0.573 e. The van der Waals surface area contributed by atoms with Gasteiger partial charge in [-0.1, -0.05) is 19.1 Å². The van der Waals surface area contributed by atoms with Gasteiger partial charge in [-0.2, -0.15) is 0 Å². The number of aromatic nitrogens is 2. The van der Waals surface area contributed by atoms with Crippen molar-refractivity contribution >= 4 is 16.8 Å². The van der Waals surface area contributed by atoms with Crippen LogP contribution in [0.1, 0.15) is 18.3 Å². The van der Waals surface area contributed by atoms with Crippen molar-refractivity contribution in [1.29, 1.82) is 0 Å². The average molecular weight is 427 g/mol. The van der Waals surface area contributed by atoms with E-state index in [1.54, 1.807) is 6.92 Å². The maximum atomic E-state index is 13.3. The summed E-state index contributed by atoms with van der Waals surface area (Å²) in [6.07, 6.45) is -5.26. The summed E-state index contributed by atoms with van der Waals surface area (Å²) < 4.78 is 68.9. The number of alkyl halides is 3. The third-order valence-corrected chi connectivity index (χ3v) is 4.06. The first-order valence-electron chi connectivity index (χ1n) is 8.63. The van der Waals surface area contributed by atoms with Gasteiger partial charge in [-0.25, -0.2) is 18.4 Å². The number of rotatable bonds is 5. The normalized spacial score (nSPS) is 11.5. The van der Waals surface area contributed by atoms with Crippen molar-refractivity contribution in [3.8, 4) is 5.75 Å². The van der Waals surface area contributed by atoms with Gasteiger partial charge < -0.3 is 4.74 Å². The van der Waals surface area contributed by atoms with Crippen LogP contribution in [0.25, 0.3) is 10.9 Å². The van der Waals surface area contributed by atoms with Crippen molar-refractivity contribution < 1.29 is 31.5 Å². The van der Waals surface area contributed by atoms with E-state index in [2.05, 4.69) is 15.1 Å². The standard InChI is InChI=1S/C19H14F5N3O3/c1-2-15-25-17-11(4-3-5-14(17)30-19(22,23)24)18(29)27(15)26-16(28)9-10-6-7-12(20)13(21)8-10/h3-8H,2,9H2,1H3,(H,26,28). The number of para-hydroxylation sites is 1. The smallest absolute Gasteiger partial charge is 0.403 e. The zero-order valence-electron chi connectivity index (χ0n) is 15.4. The first-order valence-corrected chi connectivity index (χ1v) is 8.63. The second-order valence-electron chi connectivity index (χ2n) is 6.18. The summed E-state index contributed by atoms with van der Waals surface area (Å²) in [5.74, 6) is -3.60. The zero-order chi connectivity index (χ0) is 22.1. The van der Waals surface area contributed by atoms with Crippen LogP contribution in [0.2, 0.25) is 0 Å². The van der Waals surface area contributed by atoms with E-state index in [1.165, 1.54) is 18.2 Å². The molecule has 3 aromatic rings. The largest absolute Gasteiger partial charge is 0.573 e. The number of nitrogens with one attached hydrogen (secondary N) is 1. The van der Waals surface area contributed by atoms with E-state index in [0.717, 1.165) is 22.9 Å². The minimum absolute atomic E-state index is 0.0237. The number of carbonyl (C=O) groups is 1. The number of fused-ring (bicyclic) bond motifs is 1. The molecule has 0 radical (unpaired) electrons. The molecule has 1 heterocycles. The SMILES string of the molecule is CCc1nc2c(OC(F)(F)F)cccc2c(=O)n1NC(=O)Cc1ccc(F)c(F)c1. The summed E-state index contributed by atoms with van der Waals surface area (Å²) in [5.41, 5.74) is 1.34. The van der Waals surface area contributed by atoms with Crippen LogP contribution in [0.5, 0.6) is 5.75 Å². The summed E-state index contributed by atoms with van der Waals surface area (Å²) >= 11 is 0. The molecule has 3 rings (SSSR count). The van der Waals surface area contributed by atoms with E-state index in [-0.39, 0.29) is 35.1 Å². The molecular formula is C19H14F5N3O3. The van der Waals surface area contributed by atoms with E-state index >= 15 is 0 Å². The van der Waals surface area contributed by atoms with E-state index in [9.17, 15) is 31.5 Å². The highest BCUT2D eigenvalue weighted by Gasteiger charge is 2.32. The van der Waals surface area contributed by atoms with Crippen molar-refractivity contribution in [2.24, 2.45) is 0 Å². The molecule has 0 spiro atoms. The number of ether oxygens (including phenoxy) is 1. The lowest BCUT2D eigenvalue weighted by molar-refractivity contribution is -0.274. The van der Waals surface area contributed by atoms with Gasteiger partial charge in [-0.05, 0) is 29.8 Å². The topological polar surface area (TPSA) is 73.2 Å². The quantitative estimate of drug-likeness (QED) is 0.634. The van der Waals surface area contributed by atoms with Gasteiger partial charge in [0.05, 0.1) is 11.8 Å². The van der Waals surface area contributed by atoms with Gasteiger partial charge in [0.15, 0.2) is 17.4 Å². The van der Waals surface area contributed by atoms with Crippen LogP contribution in [0, 0.1) is 11.6 Å². The minimum Gasteiger partial charge on any atom is -0.403 e. The molecular weight excluding hydrogens is 413 g/mol. The fourth-order valence-corrected chi connectivity index (χ4v) is 2.79. The Bertz CT molecular complexity index is 1170. The molecule has 0 aliphatic heterocycles. The van der Waals surface area contributed by atoms with Gasteiger partial charge >= 0.3 is 6.36 Å². The Labute approximate surface area is 165 Å². The zero-order valence-corrected chi connectivity index (χ0v) is 15.4. The average Bonchev–Trinajstić information content (AvgIpc) is 2.66. The maximum absolute atomic E-state index is 13.3. The van der Waals surface area contributed by atoms with Crippen LogP contribution in [0.4, 0.5) is 22.0 Å². The van der Waals surface area contributed by atoms with Crippen molar-refractivity contribution in [2.45, 2.75) is 26.1 Å². The molecule has 0 unspecified atom stereocenters. The first kappa shape index (κ1) is 21.2. The number of benzene rings is 2. The molecule has 0 saturated carbocycles. The van der Waals surface area contributed by atoms with Gasteiger partial charge in [0.2, 0.25) is 5.91 Å². The number of hydrogen-bond acceptors (Lipinski definition) is 4. The van der Waals surface area contributed by atoms with Crippen molar-refractivity contribution in [3.05, 3.63) is 69.8 Å².